The Balaban J connectivity index is 1.89. The molecule has 1 aliphatic heterocycles. The van der Waals surface area contributed by atoms with Gasteiger partial charge in [-0.2, -0.15) is 0 Å². The van der Waals surface area contributed by atoms with E-state index >= 15 is 0 Å². The van der Waals surface area contributed by atoms with Gasteiger partial charge in [-0.1, -0.05) is 6.92 Å². The van der Waals surface area contributed by atoms with E-state index in [4.69, 9.17) is 0 Å². The van der Waals surface area contributed by atoms with Crippen molar-refractivity contribution in [2.75, 3.05) is 42.3 Å². The number of hydrogen-bond acceptors (Lipinski definition) is 5. The Morgan fingerprint density at radius 3 is 2.41 bits per heavy atom. The molecule has 7 nitrogen and oxygen atoms in total. The largest absolute Gasteiger partial charge is 0.478 e. The lowest BCUT2D eigenvalue weighted by Gasteiger charge is -2.36. The SMILES string of the molecule is CCN1CCN(c2ccc(NS(=O)(=O)c3cc(F)ccc3F)cc2C(=O)O)CC1. The third-order valence-corrected chi connectivity index (χ3v) is 6.22. The van der Waals surface area contributed by atoms with Gasteiger partial charge in [0, 0.05) is 31.9 Å². The summed E-state index contributed by atoms with van der Waals surface area (Å²) in [5.74, 6) is -3.22. The topological polar surface area (TPSA) is 90.0 Å². The fourth-order valence-electron chi connectivity index (χ4n) is 3.24. The summed E-state index contributed by atoms with van der Waals surface area (Å²) in [6, 6.07) is 6.19. The van der Waals surface area contributed by atoms with Gasteiger partial charge < -0.3 is 14.9 Å². The molecule has 0 spiro atoms. The highest BCUT2D eigenvalue weighted by molar-refractivity contribution is 7.92. The van der Waals surface area contributed by atoms with Crippen LogP contribution >= 0.6 is 0 Å². The maximum absolute atomic E-state index is 13.9. The molecule has 0 atom stereocenters. The van der Waals surface area contributed by atoms with Crippen LogP contribution in [-0.4, -0.2) is 57.1 Å². The molecule has 29 heavy (non-hydrogen) atoms. The first-order valence-corrected chi connectivity index (χ1v) is 10.5. The molecule has 0 saturated carbocycles. The molecule has 2 aromatic rings. The first kappa shape index (κ1) is 21.0. The number of sulfonamides is 1. The molecule has 1 saturated heterocycles. The summed E-state index contributed by atoms with van der Waals surface area (Å²) in [4.78, 5) is 15.1. The monoisotopic (exact) mass is 425 g/mol. The Kier molecular flexibility index (Phi) is 6.04. The Morgan fingerprint density at radius 1 is 1.10 bits per heavy atom. The molecular weight excluding hydrogens is 404 g/mol. The van der Waals surface area contributed by atoms with Crippen molar-refractivity contribution >= 4 is 27.4 Å². The molecule has 1 fully saturated rings. The van der Waals surface area contributed by atoms with E-state index in [1.807, 2.05) is 4.90 Å². The second-order valence-electron chi connectivity index (χ2n) is 6.64. The average molecular weight is 425 g/mol. The summed E-state index contributed by atoms with van der Waals surface area (Å²) in [7, 11) is -4.44. The number of hydrogen-bond donors (Lipinski definition) is 2. The second-order valence-corrected chi connectivity index (χ2v) is 8.29. The van der Waals surface area contributed by atoms with Crippen molar-refractivity contribution in [2.24, 2.45) is 0 Å². The standard InChI is InChI=1S/C19H21F2N3O4S/c1-2-23-7-9-24(10-8-23)17-6-4-14(12-15(17)19(25)26)22-29(27,28)18-11-13(20)3-5-16(18)21/h3-6,11-12,22H,2,7-10H2,1H3,(H,25,26). The molecule has 2 N–H and O–H groups in total. The van der Waals surface area contributed by atoms with E-state index in [1.54, 1.807) is 0 Å². The highest BCUT2D eigenvalue weighted by Gasteiger charge is 2.24. The smallest absolute Gasteiger partial charge is 0.337 e. The van der Waals surface area contributed by atoms with Gasteiger partial charge in [-0.25, -0.2) is 22.0 Å². The Morgan fingerprint density at radius 2 is 1.79 bits per heavy atom. The molecule has 156 valence electrons. The number of benzene rings is 2. The fraction of sp³-hybridized carbons (Fsp3) is 0.316. The Labute approximate surface area is 167 Å². The summed E-state index contributed by atoms with van der Waals surface area (Å²) in [5, 5.41) is 9.59. The van der Waals surface area contributed by atoms with Crippen LogP contribution in [0.3, 0.4) is 0 Å². The summed E-state index contributed by atoms with van der Waals surface area (Å²) in [6.45, 7) is 5.85. The minimum Gasteiger partial charge on any atom is -0.478 e. The molecule has 0 amide bonds. The van der Waals surface area contributed by atoms with E-state index in [0.29, 0.717) is 30.9 Å². The van der Waals surface area contributed by atoms with Crippen molar-refractivity contribution in [3.05, 3.63) is 53.6 Å². The van der Waals surface area contributed by atoms with Crippen LogP contribution in [0.5, 0.6) is 0 Å². The van der Waals surface area contributed by atoms with Crippen molar-refractivity contribution in [2.45, 2.75) is 11.8 Å². The molecule has 1 heterocycles. The third-order valence-electron chi connectivity index (χ3n) is 4.82. The number of nitrogens with one attached hydrogen (secondary N) is 1. The summed E-state index contributed by atoms with van der Waals surface area (Å²) in [5.41, 5.74) is 0.352. The van der Waals surface area contributed by atoms with E-state index in [2.05, 4.69) is 16.5 Å². The zero-order valence-corrected chi connectivity index (χ0v) is 16.5. The minimum absolute atomic E-state index is 0.0537. The average Bonchev–Trinajstić information content (AvgIpc) is 2.69. The molecular formula is C19H21F2N3O4S. The van der Waals surface area contributed by atoms with Gasteiger partial charge in [0.1, 0.15) is 16.5 Å². The van der Waals surface area contributed by atoms with Crippen LogP contribution in [0.2, 0.25) is 0 Å². The van der Waals surface area contributed by atoms with Gasteiger partial charge in [0.15, 0.2) is 0 Å². The number of aromatic carboxylic acids is 1. The molecule has 0 bridgehead atoms. The van der Waals surface area contributed by atoms with E-state index in [-0.39, 0.29) is 11.3 Å². The molecule has 0 aromatic heterocycles. The van der Waals surface area contributed by atoms with Crippen LogP contribution in [0, 0.1) is 11.6 Å². The number of nitrogens with zero attached hydrogens (tertiary/aromatic N) is 2. The van der Waals surface area contributed by atoms with Gasteiger partial charge >= 0.3 is 5.97 Å². The number of anilines is 2. The number of halogens is 2. The highest BCUT2D eigenvalue weighted by atomic mass is 32.2. The van der Waals surface area contributed by atoms with Crippen LogP contribution in [0.4, 0.5) is 20.2 Å². The lowest BCUT2D eigenvalue weighted by atomic mass is 10.1. The normalized spacial score (nSPS) is 15.3. The fourth-order valence-corrected chi connectivity index (χ4v) is 4.38. The van der Waals surface area contributed by atoms with Gasteiger partial charge in [0.05, 0.1) is 11.3 Å². The first-order chi connectivity index (χ1) is 13.7. The number of carboxylic acids is 1. The quantitative estimate of drug-likeness (QED) is 0.740. The predicted octanol–water partition coefficient (Wildman–Crippen LogP) is 2.61. The van der Waals surface area contributed by atoms with Crippen LogP contribution in [0.25, 0.3) is 0 Å². The molecule has 3 rings (SSSR count). The zero-order chi connectivity index (χ0) is 21.2. The van der Waals surface area contributed by atoms with E-state index in [9.17, 15) is 27.1 Å². The van der Waals surface area contributed by atoms with Crippen LogP contribution < -0.4 is 9.62 Å². The second kappa shape index (κ2) is 8.34. The van der Waals surface area contributed by atoms with Gasteiger partial charge in [-0.15, -0.1) is 0 Å². The Hall–Kier alpha value is -2.72. The van der Waals surface area contributed by atoms with Gasteiger partial charge in [0.25, 0.3) is 10.0 Å². The highest BCUT2D eigenvalue weighted by Crippen LogP contribution is 2.27. The summed E-state index contributed by atoms with van der Waals surface area (Å²) >= 11 is 0. The minimum atomic E-state index is -4.44. The molecule has 1 aliphatic rings. The van der Waals surface area contributed by atoms with Crippen molar-refractivity contribution < 1.29 is 27.1 Å². The van der Waals surface area contributed by atoms with E-state index < -0.39 is 32.5 Å². The zero-order valence-electron chi connectivity index (χ0n) is 15.7. The van der Waals surface area contributed by atoms with Crippen molar-refractivity contribution in [1.82, 2.24) is 4.90 Å². The lowest BCUT2D eigenvalue weighted by molar-refractivity contribution is 0.0697. The first-order valence-electron chi connectivity index (χ1n) is 9.04. The number of piperazine rings is 1. The maximum atomic E-state index is 13.9. The third kappa shape index (κ3) is 4.65. The summed E-state index contributed by atoms with van der Waals surface area (Å²) in [6.07, 6.45) is 0. The molecule has 10 heteroatoms. The number of rotatable bonds is 6. The molecule has 0 aliphatic carbocycles. The predicted molar refractivity (Wildman–Crippen MR) is 105 cm³/mol. The molecule has 0 radical (unpaired) electrons. The number of likely N-dealkylation sites (N-methyl/N-ethyl adjacent to an activating group) is 1. The lowest BCUT2D eigenvalue weighted by Crippen LogP contribution is -2.46. The van der Waals surface area contributed by atoms with E-state index in [0.717, 1.165) is 25.7 Å². The molecule has 2 aromatic carbocycles. The van der Waals surface area contributed by atoms with Crippen molar-refractivity contribution in [3.63, 3.8) is 0 Å². The number of carbonyl (C=O) groups is 1. The molecule has 0 unspecified atom stereocenters. The number of carboxylic acid groups (broad SMARTS) is 1. The van der Waals surface area contributed by atoms with Gasteiger partial charge in [-0.05, 0) is 42.9 Å². The summed E-state index contributed by atoms with van der Waals surface area (Å²) < 4.78 is 54.2. The van der Waals surface area contributed by atoms with Crippen LogP contribution in [0.15, 0.2) is 41.3 Å². The maximum Gasteiger partial charge on any atom is 0.337 e. The van der Waals surface area contributed by atoms with Gasteiger partial charge in [0.2, 0.25) is 0 Å². The van der Waals surface area contributed by atoms with Crippen LogP contribution in [0.1, 0.15) is 17.3 Å². The van der Waals surface area contributed by atoms with Crippen molar-refractivity contribution in [3.8, 4) is 0 Å². The van der Waals surface area contributed by atoms with E-state index in [1.165, 1.54) is 18.2 Å². The Bertz CT molecular complexity index is 1020. The van der Waals surface area contributed by atoms with Crippen LogP contribution in [-0.2, 0) is 10.0 Å². The van der Waals surface area contributed by atoms with Crippen molar-refractivity contribution in [1.29, 1.82) is 0 Å². The van der Waals surface area contributed by atoms with Gasteiger partial charge in [-0.3, -0.25) is 4.72 Å².